The standard InChI is InChI=1S/C21H24N4O/c1-16-7-5-8-17(13-16)15-24-21(26)25(19-10-3-2-4-11-19)20(23-24)18-9-6-12-22-14-18/h2-5,7-8,10-11,13,18,22H,6,9,12,14-15H2,1H3/t18-/m0/s1. The lowest BCUT2D eigenvalue weighted by Crippen LogP contribution is -2.31. The van der Waals surface area contributed by atoms with Gasteiger partial charge in [-0.25, -0.2) is 14.0 Å². The van der Waals surface area contributed by atoms with Crippen molar-refractivity contribution in [2.75, 3.05) is 13.1 Å². The van der Waals surface area contributed by atoms with Gasteiger partial charge in [0.25, 0.3) is 0 Å². The number of piperidine rings is 1. The number of benzene rings is 2. The predicted octanol–water partition coefficient (Wildman–Crippen LogP) is 2.86. The molecule has 1 atom stereocenters. The fraction of sp³-hybridized carbons (Fsp3) is 0.333. The van der Waals surface area contributed by atoms with Crippen molar-refractivity contribution in [1.29, 1.82) is 0 Å². The molecule has 1 aromatic heterocycles. The van der Waals surface area contributed by atoms with Gasteiger partial charge in [0.15, 0.2) is 0 Å². The van der Waals surface area contributed by atoms with E-state index in [2.05, 4.69) is 24.4 Å². The summed E-state index contributed by atoms with van der Waals surface area (Å²) in [5.41, 5.74) is 3.10. The molecule has 0 bridgehead atoms. The van der Waals surface area contributed by atoms with Crippen LogP contribution in [0.4, 0.5) is 0 Å². The molecule has 2 aromatic carbocycles. The fourth-order valence-corrected chi connectivity index (χ4v) is 3.67. The van der Waals surface area contributed by atoms with Crippen LogP contribution in [0.1, 0.15) is 35.7 Å². The monoisotopic (exact) mass is 348 g/mol. The Hall–Kier alpha value is -2.66. The van der Waals surface area contributed by atoms with Crippen molar-refractivity contribution in [1.82, 2.24) is 19.7 Å². The minimum absolute atomic E-state index is 0.0710. The first-order valence-electron chi connectivity index (χ1n) is 9.24. The van der Waals surface area contributed by atoms with Gasteiger partial charge in [0, 0.05) is 12.5 Å². The van der Waals surface area contributed by atoms with Crippen LogP contribution in [-0.2, 0) is 6.54 Å². The van der Waals surface area contributed by atoms with Gasteiger partial charge in [0.05, 0.1) is 12.2 Å². The van der Waals surface area contributed by atoms with Crippen LogP contribution in [0.5, 0.6) is 0 Å². The first-order chi connectivity index (χ1) is 12.7. The van der Waals surface area contributed by atoms with Crippen LogP contribution in [-0.4, -0.2) is 27.4 Å². The molecule has 1 aliphatic heterocycles. The van der Waals surface area contributed by atoms with Gasteiger partial charge < -0.3 is 5.32 Å². The number of nitrogens with one attached hydrogen (secondary N) is 1. The summed E-state index contributed by atoms with van der Waals surface area (Å²) in [5, 5.41) is 8.20. The zero-order valence-corrected chi connectivity index (χ0v) is 15.1. The van der Waals surface area contributed by atoms with Crippen LogP contribution in [0.3, 0.4) is 0 Å². The molecule has 0 saturated carbocycles. The Morgan fingerprint density at radius 1 is 1.15 bits per heavy atom. The molecule has 0 aliphatic carbocycles. The summed E-state index contributed by atoms with van der Waals surface area (Å²) < 4.78 is 3.39. The highest BCUT2D eigenvalue weighted by Gasteiger charge is 2.24. The lowest BCUT2D eigenvalue weighted by Gasteiger charge is -2.22. The number of aryl methyl sites for hydroxylation is 1. The van der Waals surface area contributed by atoms with E-state index in [1.54, 1.807) is 9.25 Å². The second kappa shape index (κ2) is 7.30. The summed E-state index contributed by atoms with van der Waals surface area (Å²) in [6.07, 6.45) is 2.17. The van der Waals surface area contributed by atoms with Gasteiger partial charge in [-0.3, -0.25) is 0 Å². The van der Waals surface area contributed by atoms with Gasteiger partial charge in [0.1, 0.15) is 5.82 Å². The van der Waals surface area contributed by atoms with Crippen LogP contribution in [0.25, 0.3) is 5.69 Å². The molecule has 3 aromatic rings. The summed E-state index contributed by atoms with van der Waals surface area (Å²) >= 11 is 0. The lowest BCUT2D eigenvalue weighted by molar-refractivity contribution is 0.439. The Labute approximate surface area is 153 Å². The maximum atomic E-state index is 13.2. The van der Waals surface area contributed by atoms with E-state index in [-0.39, 0.29) is 11.6 Å². The largest absolute Gasteiger partial charge is 0.350 e. The lowest BCUT2D eigenvalue weighted by atomic mass is 9.99. The quantitative estimate of drug-likeness (QED) is 0.789. The van der Waals surface area contributed by atoms with Crippen molar-refractivity contribution < 1.29 is 0 Å². The average molecular weight is 348 g/mol. The van der Waals surface area contributed by atoms with Crippen LogP contribution in [0.2, 0.25) is 0 Å². The van der Waals surface area contributed by atoms with Gasteiger partial charge in [-0.2, -0.15) is 5.10 Å². The highest BCUT2D eigenvalue weighted by atomic mass is 16.2. The van der Waals surface area contributed by atoms with Gasteiger partial charge in [0.2, 0.25) is 0 Å². The fourth-order valence-electron chi connectivity index (χ4n) is 3.67. The molecular formula is C21H24N4O. The third-order valence-corrected chi connectivity index (χ3v) is 4.96. The molecule has 0 spiro atoms. The molecule has 1 N–H and O–H groups in total. The molecular weight excluding hydrogens is 324 g/mol. The van der Waals surface area contributed by atoms with Gasteiger partial charge in [-0.1, -0.05) is 48.0 Å². The van der Waals surface area contributed by atoms with E-state index < -0.39 is 0 Å². The van der Waals surface area contributed by atoms with Crippen LogP contribution < -0.4 is 11.0 Å². The number of hydrogen-bond acceptors (Lipinski definition) is 3. The van der Waals surface area contributed by atoms with Crippen molar-refractivity contribution in [3.05, 3.63) is 82.0 Å². The first-order valence-corrected chi connectivity index (χ1v) is 9.24. The number of rotatable bonds is 4. The van der Waals surface area contributed by atoms with Crippen LogP contribution in [0, 0.1) is 6.92 Å². The Kier molecular flexibility index (Phi) is 4.71. The third kappa shape index (κ3) is 3.35. The van der Waals surface area contributed by atoms with Crippen LogP contribution in [0.15, 0.2) is 59.4 Å². The summed E-state index contributed by atoms with van der Waals surface area (Å²) in [6, 6.07) is 18.1. The number of para-hydroxylation sites is 1. The molecule has 0 radical (unpaired) electrons. The van der Waals surface area contributed by atoms with Crippen molar-refractivity contribution in [3.63, 3.8) is 0 Å². The van der Waals surface area contributed by atoms with Crippen molar-refractivity contribution >= 4 is 0 Å². The zero-order valence-electron chi connectivity index (χ0n) is 15.1. The van der Waals surface area contributed by atoms with Crippen molar-refractivity contribution in [2.24, 2.45) is 0 Å². The smallest absolute Gasteiger partial charge is 0.316 e. The van der Waals surface area contributed by atoms with E-state index in [4.69, 9.17) is 5.10 Å². The molecule has 1 aliphatic rings. The Morgan fingerprint density at radius 2 is 2.00 bits per heavy atom. The molecule has 26 heavy (non-hydrogen) atoms. The maximum absolute atomic E-state index is 13.2. The SMILES string of the molecule is Cc1cccc(Cn2nc([C@H]3CCCNC3)n(-c3ccccc3)c2=O)c1. The second-order valence-electron chi connectivity index (χ2n) is 7.00. The minimum Gasteiger partial charge on any atom is -0.316 e. The van der Waals surface area contributed by atoms with Gasteiger partial charge in [-0.15, -0.1) is 0 Å². The van der Waals surface area contributed by atoms with Gasteiger partial charge >= 0.3 is 5.69 Å². The predicted molar refractivity (Wildman–Crippen MR) is 103 cm³/mol. The van der Waals surface area contributed by atoms with Crippen LogP contribution >= 0.6 is 0 Å². The Balaban J connectivity index is 1.78. The zero-order chi connectivity index (χ0) is 17.9. The summed E-state index contributed by atoms with van der Waals surface area (Å²) in [6.45, 7) is 4.46. The average Bonchev–Trinajstić information content (AvgIpc) is 2.99. The highest BCUT2D eigenvalue weighted by Crippen LogP contribution is 2.23. The van der Waals surface area contributed by atoms with E-state index in [9.17, 15) is 4.79 Å². The topological polar surface area (TPSA) is 51.9 Å². The van der Waals surface area contributed by atoms with E-state index in [1.165, 1.54) is 5.56 Å². The Morgan fingerprint density at radius 3 is 2.73 bits per heavy atom. The molecule has 0 unspecified atom stereocenters. The molecule has 5 nitrogen and oxygen atoms in total. The van der Waals surface area contributed by atoms with E-state index in [0.29, 0.717) is 6.54 Å². The molecule has 2 heterocycles. The summed E-state index contributed by atoms with van der Waals surface area (Å²) in [4.78, 5) is 13.2. The molecule has 0 amide bonds. The van der Waals surface area contributed by atoms with E-state index in [1.807, 2.05) is 42.5 Å². The summed E-state index contributed by atoms with van der Waals surface area (Å²) in [7, 11) is 0. The van der Waals surface area contributed by atoms with Gasteiger partial charge in [-0.05, 0) is 44.0 Å². The molecule has 1 saturated heterocycles. The second-order valence-corrected chi connectivity index (χ2v) is 7.00. The first kappa shape index (κ1) is 16.8. The summed E-state index contributed by atoms with van der Waals surface area (Å²) in [5.74, 6) is 1.12. The molecule has 4 rings (SSSR count). The third-order valence-electron chi connectivity index (χ3n) is 4.96. The van der Waals surface area contributed by atoms with E-state index in [0.717, 1.165) is 43.0 Å². The van der Waals surface area contributed by atoms with Crippen molar-refractivity contribution in [3.8, 4) is 5.69 Å². The maximum Gasteiger partial charge on any atom is 0.350 e. The highest BCUT2D eigenvalue weighted by molar-refractivity contribution is 5.33. The number of hydrogen-bond donors (Lipinski definition) is 1. The molecule has 5 heteroatoms. The normalized spacial score (nSPS) is 17.3. The number of aromatic nitrogens is 3. The Bertz CT molecular complexity index is 936. The number of nitrogens with zero attached hydrogens (tertiary/aromatic N) is 3. The molecule has 1 fully saturated rings. The van der Waals surface area contributed by atoms with E-state index >= 15 is 0 Å². The minimum atomic E-state index is -0.0710. The van der Waals surface area contributed by atoms with Crippen molar-refractivity contribution in [2.45, 2.75) is 32.2 Å². The molecule has 134 valence electrons.